The minimum atomic E-state index is 0.426. The lowest BCUT2D eigenvalue weighted by Crippen LogP contribution is -1.98. The van der Waals surface area contributed by atoms with Crippen molar-refractivity contribution in [3.05, 3.63) is 101 Å². The predicted molar refractivity (Wildman–Crippen MR) is 141 cm³/mol. The quantitative estimate of drug-likeness (QED) is 0.292. The maximum absolute atomic E-state index is 5.35. The Hall–Kier alpha value is -3.65. The van der Waals surface area contributed by atoms with Crippen LogP contribution >= 0.6 is 0 Å². The molecule has 5 aromatic rings. The molecule has 0 atom stereocenters. The first-order valence-electron chi connectivity index (χ1n) is 11.9. The maximum Gasteiger partial charge on any atom is 0.0881 e. The van der Waals surface area contributed by atoms with Crippen LogP contribution in [0.2, 0.25) is 0 Å². The van der Waals surface area contributed by atoms with Gasteiger partial charge in [-0.25, -0.2) is 4.99 Å². The number of aliphatic imine (C=N–C) groups is 1. The summed E-state index contributed by atoms with van der Waals surface area (Å²) in [6, 6.07) is 28.6. The zero-order valence-electron chi connectivity index (χ0n) is 19.6. The molecule has 1 aliphatic rings. The molecule has 1 aromatic heterocycles. The summed E-state index contributed by atoms with van der Waals surface area (Å²) in [5.41, 5.74) is 12.0. The second-order valence-corrected chi connectivity index (χ2v) is 9.75. The van der Waals surface area contributed by atoms with Gasteiger partial charge in [0, 0.05) is 27.4 Å². The second kappa shape index (κ2) is 7.45. The number of aromatic amines is 1. The van der Waals surface area contributed by atoms with Crippen molar-refractivity contribution < 1.29 is 0 Å². The van der Waals surface area contributed by atoms with E-state index < -0.39 is 0 Å². The molecule has 33 heavy (non-hydrogen) atoms. The van der Waals surface area contributed by atoms with Crippen molar-refractivity contribution in [2.24, 2.45) is 4.99 Å². The Morgan fingerprint density at radius 2 is 1.18 bits per heavy atom. The highest BCUT2D eigenvalue weighted by molar-refractivity contribution is 6.26. The van der Waals surface area contributed by atoms with Crippen LogP contribution in [0, 0.1) is 0 Å². The summed E-state index contributed by atoms with van der Waals surface area (Å²) in [5.74, 6) is 0.925. The van der Waals surface area contributed by atoms with Crippen molar-refractivity contribution in [2.45, 2.75) is 39.5 Å². The molecule has 0 radical (unpaired) electrons. The number of rotatable bonds is 3. The van der Waals surface area contributed by atoms with Crippen LogP contribution in [0.5, 0.6) is 0 Å². The molecule has 0 bridgehead atoms. The molecule has 4 aromatic carbocycles. The van der Waals surface area contributed by atoms with E-state index in [0.29, 0.717) is 11.8 Å². The van der Waals surface area contributed by atoms with Gasteiger partial charge in [-0.2, -0.15) is 0 Å². The predicted octanol–water partition coefficient (Wildman–Crippen LogP) is 8.72. The van der Waals surface area contributed by atoms with Gasteiger partial charge in [0.1, 0.15) is 0 Å². The number of aromatic nitrogens is 1. The van der Waals surface area contributed by atoms with Crippen molar-refractivity contribution >= 4 is 33.2 Å². The Balaban J connectivity index is 1.66. The summed E-state index contributed by atoms with van der Waals surface area (Å²) in [6.45, 7) is 9.02. The van der Waals surface area contributed by atoms with Crippen molar-refractivity contribution in [2.75, 3.05) is 0 Å². The minimum absolute atomic E-state index is 0.426. The van der Waals surface area contributed by atoms with Crippen LogP contribution in [0.3, 0.4) is 0 Å². The molecular weight excluding hydrogens is 400 g/mol. The second-order valence-electron chi connectivity index (χ2n) is 9.75. The van der Waals surface area contributed by atoms with Gasteiger partial charge >= 0.3 is 0 Å². The van der Waals surface area contributed by atoms with Crippen LogP contribution < -0.4 is 0 Å². The van der Waals surface area contributed by atoms with Crippen LogP contribution in [-0.4, -0.2) is 10.7 Å². The minimum Gasteiger partial charge on any atom is -0.353 e. The van der Waals surface area contributed by atoms with Gasteiger partial charge in [0.15, 0.2) is 0 Å². The summed E-state index contributed by atoms with van der Waals surface area (Å²) in [5, 5.41) is 2.55. The number of H-pyrrole nitrogens is 1. The molecule has 0 fully saturated rings. The highest BCUT2D eigenvalue weighted by Gasteiger charge is 2.24. The molecule has 1 N–H and O–H groups in total. The Morgan fingerprint density at radius 1 is 0.606 bits per heavy atom. The zero-order valence-corrected chi connectivity index (χ0v) is 19.6. The Labute approximate surface area is 195 Å². The third-order valence-electron chi connectivity index (χ3n) is 6.95. The topological polar surface area (TPSA) is 28.1 Å². The highest BCUT2D eigenvalue weighted by Crippen LogP contribution is 2.41. The normalized spacial score (nSPS) is 12.7. The van der Waals surface area contributed by atoms with E-state index in [4.69, 9.17) is 4.99 Å². The first kappa shape index (κ1) is 20.0. The average Bonchev–Trinajstić information content (AvgIpc) is 3.35. The fourth-order valence-electron chi connectivity index (χ4n) is 5.04. The summed E-state index contributed by atoms with van der Waals surface area (Å²) in [6.07, 6.45) is 0. The fourth-order valence-corrected chi connectivity index (χ4v) is 5.04. The van der Waals surface area contributed by atoms with E-state index in [2.05, 4.69) is 112 Å². The average molecular weight is 429 g/mol. The molecule has 0 saturated heterocycles. The number of nitrogens with one attached hydrogen (secondary N) is 1. The van der Waals surface area contributed by atoms with E-state index in [1.54, 1.807) is 0 Å². The molecule has 0 aliphatic heterocycles. The van der Waals surface area contributed by atoms with Crippen LogP contribution in [0.25, 0.3) is 32.9 Å². The molecule has 162 valence electrons. The van der Waals surface area contributed by atoms with Gasteiger partial charge in [-0.05, 0) is 58.4 Å². The summed E-state index contributed by atoms with van der Waals surface area (Å²) in [7, 11) is 0. The highest BCUT2D eigenvalue weighted by atomic mass is 14.8. The fraction of sp³-hybridized carbons (Fsp3) is 0.194. The first-order chi connectivity index (χ1) is 16.0. The number of hydrogen-bond acceptors (Lipinski definition) is 1. The van der Waals surface area contributed by atoms with Gasteiger partial charge in [-0.15, -0.1) is 0 Å². The van der Waals surface area contributed by atoms with E-state index >= 15 is 0 Å². The number of nitrogens with zero attached hydrogens (tertiary/aromatic N) is 1. The third kappa shape index (κ3) is 3.13. The standard InChI is InChI=1S/C31H28N2/c1-18(2)20-13-14-28-26(15-20)27-16-21(19(3)4)17-29(31(27)32-28)33-30-24-11-7-5-9-22(24)23-10-6-8-12-25(23)30/h5-19,32H,1-4H3. The largest absolute Gasteiger partial charge is 0.353 e. The molecule has 2 nitrogen and oxygen atoms in total. The summed E-state index contributed by atoms with van der Waals surface area (Å²) >= 11 is 0. The van der Waals surface area contributed by atoms with E-state index in [-0.39, 0.29) is 0 Å². The van der Waals surface area contributed by atoms with Crippen LogP contribution in [0.1, 0.15) is 61.8 Å². The molecule has 0 spiro atoms. The summed E-state index contributed by atoms with van der Waals surface area (Å²) in [4.78, 5) is 9.04. The zero-order chi connectivity index (χ0) is 22.7. The number of hydrogen-bond donors (Lipinski definition) is 1. The van der Waals surface area contributed by atoms with Crippen LogP contribution in [0.15, 0.2) is 83.9 Å². The van der Waals surface area contributed by atoms with Crippen molar-refractivity contribution in [1.82, 2.24) is 4.98 Å². The van der Waals surface area contributed by atoms with Gasteiger partial charge in [0.05, 0.1) is 16.9 Å². The van der Waals surface area contributed by atoms with Gasteiger partial charge in [0.25, 0.3) is 0 Å². The molecule has 1 heterocycles. The lowest BCUT2D eigenvalue weighted by Gasteiger charge is -2.10. The number of benzene rings is 4. The third-order valence-corrected chi connectivity index (χ3v) is 6.95. The Kier molecular flexibility index (Phi) is 4.51. The number of fused-ring (bicyclic) bond motifs is 6. The smallest absolute Gasteiger partial charge is 0.0881 e. The summed E-state index contributed by atoms with van der Waals surface area (Å²) < 4.78 is 0. The van der Waals surface area contributed by atoms with E-state index in [1.165, 1.54) is 49.7 Å². The molecular formula is C31H28N2. The Morgan fingerprint density at radius 3 is 1.79 bits per heavy atom. The van der Waals surface area contributed by atoms with E-state index in [9.17, 15) is 0 Å². The van der Waals surface area contributed by atoms with Gasteiger partial charge in [0.2, 0.25) is 0 Å². The van der Waals surface area contributed by atoms with Gasteiger partial charge in [-0.1, -0.05) is 82.3 Å². The van der Waals surface area contributed by atoms with Crippen molar-refractivity contribution in [1.29, 1.82) is 0 Å². The van der Waals surface area contributed by atoms with Gasteiger partial charge in [-0.3, -0.25) is 0 Å². The molecule has 0 unspecified atom stereocenters. The van der Waals surface area contributed by atoms with Crippen LogP contribution in [0.4, 0.5) is 5.69 Å². The Bertz CT molecular complexity index is 1520. The van der Waals surface area contributed by atoms with Crippen molar-refractivity contribution in [3.8, 4) is 11.1 Å². The molecule has 0 saturated carbocycles. The first-order valence-corrected chi connectivity index (χ1v) is 11.9. The molecule has 6 rings (SSSR count). The monoisotopic (exact) mass is 428 g/mol. The maximum atomic E-state index is 5.35. The van der Waals surface area contributed by atoms with Crippen LogP contribution in [-0.2, 0) is 0 Å². The SMILES string of the molecule is CC(C)c1ccc2[nH]c3c(N=C4c5ccccc5-c5ccccc54)cc(C(C)C)cc3c2c1. The van der Waals surface area contributed by atoms with E-state index in [0.717, 1.165) is 16.9 Å². The molecule has 0 amide bonds. The lowest BCUT2D eigenvalue weighted by molar-refractivity contribution is 0.868. The van der Waals surface area contributed by atoms with Crippen molar-refractivity contribution in [3.63, 3.8) is 0 Å². The molecule has 1 aliphatic carbocycles. The lowest BCUT2D eigenvalue weighted by atomic mass is 9.97. The van der Waals surface area contributed by atoms with E-state index in [1.807, 2.05) is 0 Å². The molecule has 2 heteroatoms. The van der Waals surface area contributed by atoms with Gasteiger partial charge < -0.3 is 4.98 Å².